The molecule has 8 heteroatoms. The first-order valence-corrected chi connectivity index (χ1v) is 8.97. The number of methoxy groups -OCH3 is 1. The molecule has 144 valence electrons. The quantitative estimate of drug-likeness (QED) is 0.815. The highest BCUT2D eigenvalue weighted by Crippen LogP contribution is 2.28. The van der Waals surface area contributed by atoms with Gasteiger partial charge in [0.2, 0.25) is 17.7 Å². The molecule has 8 nitrogen and oxygen atoms in total. The summed E-state index contributed by atoms with van der Waals surface area (Å²) in [7, 11) is 1.47. The Kier molecular flexibility index (Phi) is 6.18. The average Bonchev–Trinajstić information content (AvgIpc) is 3.09. The molecule has 2 heterocycles. The van der Waals surface area contributed by atoms with Crippen LogP contribution < -0.4 is 5.32 Å². The van der Waals surface area contributed by atoms with Gasteiger partial charge in [0.15, 0.2) is 5.82 Å². The second-order valence-corrected chi connectivity index (χ2v) is 6.68. The summed E-state index contributed by atoms with van der Waals surface area (Å²) in [4.78, 5) is 30.9. The Hall–Kier alpha value is -2.74. The lowest BCUT2D eigenvalue weighted by Crippen LogP contribution is -2.54. The first-order chi connectivity index (χ1) is 13.1. The van der Waals surface area contributed by atoms with Crippen molar-refractivity contribution in [2.75, 3.05) is 26.8 Å². The van der Waals surface area contributed by atoms with Crippen molar-refractivity contribution < 1.29 is 18.8 Å². The molecule has 1 aliphatic heterocycles. The lowest BCUT2D eigenvalue weighted by Gasteiger charge is -2.37. The Morgan fingerprint density at radius 1 is 1.33 bits per heavy atom. The summed E-state index contributed by atoms with van der Waals surface area (Å²) < 4.78 is 10.2. The fourth-order valence-electron chi connectivity index (χ4n) is 3.35. The van der Waals surface area contributed by atoms with Gasteiger partial charge in [0, 0.05) is 20.2 Å². The summed E-state index contributed by atoms with van der Waals surface area (Å²) in [5, 5.41) is 6.79. The van der Waals surface area contributed by atoms with E-state index in [0.29, 0.717) is 37.6 Å². The van der Waals surface area contributed by atoms with Crippen LogP contribution in [-0.4, -0.2) is 59.7 Å². The minimum atomic E-state index is -0.305. The maximum atomic E-state index is 12.7. The maximum absolute atomic E-state index is 12.7. The molecule has 1 saturated heterocycles. The van der Waals surface area contributed by atoms with E-state index in [1.165, 1.54) is 7.11 Å². The smallest absolute Gasteiger partial charge is 0.246 e. The van der Waals surface area contributed by atoms with Gasteiger partial charge < -0.3 is 19.5 Å². The molecular formula is C19H24N4O4. The first-order valence-electron chi connectivity index (χ1n) is 8.97. The molecular weight excluding hydrogens is 348 g/mol. The van der Waals surface area contributed by atoms with E-state index in [0.717, 1.165) is 5.56 Å². The fraction of sp³-hybridized carbons (Fsp3) is 0.474. The van der Waals surface area contributed by atoms with Crippen molar-refractivity contribution in [1.29, 1.82) is 0 Å². The number of rotatable bonds is 6. The monoisotopic (exact) mass is 372 g/mol. The van der Waals surface area contributed by atoms with Gasteiger partial charge in [-0.25, -0.2) is 0 Å². The molecule has 1 aromatic heterocycles. The first kappa shape index (κ1) is 19.0. The number of aromatic nitrogens is 2. The summed E-state index contributed by atoms with van der Waals surface area (Å²) in [5.41, 5.74) is 0.970. The van der Waals surface area contributed by atoms with Crippen molar-refractivity contribution in [3.63, 3.8) is 0 Å². The van der Waals surface area contributed by atoms with Crippen LogP contribution in [0.15, 0.2) is 34.9 Å². The SMILES string of the molecule is COCC(=O)N[C@@H]1CN(C(=O)Cc2ccccc2)CC[C@@H]1c1nc(C)no1. The van der Waals surface area contributed by atoms with Crippen LogP contribution in [0, 0.1) is 6.92 Å². The molecule has 0 radical (unpaired) electrons. The van der Waals surface area contributed by atoms with E-state index < -0.39 is 0 Å². The zero-order valence-electron chi connectivity index (χ0n) is 15.6. The molecule has 2 amide bonds. The molecule has 1 fully saturated rings. The van der Waals surface area contributed by atoms with Gasteiger partial charge in [-0.1, -0.05) is 35.5 Å². The number of hydrogen-bond donors (Lipinski definition) is 1. The third kappa shape index (κ3) is 4.91. The Balaban J connectivity index is 1.71. The van der Waals surface area contributed by atoms with E-state index in [2.05, 4.69) is 15.5 Å². The van der Waals surface area contributed by atoms with Crippen molar-refractivity contribution in [2.24, 2.45) is 0 Å². The summed E-state index contributed by atoms with van der Waals surface area (Å²) in [6, 6.07) is 9.32. The highest BCUT2D eigenvalue weighted by Gasteiger charge is 2.36. The van der Waals surface area contributed by atoms with Crippen LogP contribution in [0.25, 0.3) is 0 Å². The molecule has 0 aliphatic carbocycles. The topological polar surface area (TPSA) is 97.6 Å². The standard InChI is InChI=1S/C19H24N4O4/c1-13-20-19(27-22-13)15-8-9-23(11-16(15)21-17(24)12-26-2)18(25)10-14-6-4-3-5-7-14/h3-7,15-16H,8-12H2,1-2H3,(H,21,24)/t15-,16+/m0/s1. The lowest BCUT2D eigenvalue weighted by molar-refractivity contribution is -0.134. The highest BCUT2D eigenvalue weighted by atomic mass is 16.5. The maximum Gasteiger partial charge on any atom is 0.246 e. The summed E-state index contributed by atoms with van der Waals surface area (Å²) in [5.74, 6) is 0.709. The van der Waals surface area contributed by atoms with Gasteiger partial charge in [-0.2, -0.15) is 4.98 Å². The van der Waals surface area contributed by atoms with E-state index in [4.69, 9.17) is 9.26 Å². The normalized spacial score (nSPS) is 19.7. The Morgan fingerprint density at radius 3 is 2.78 bits per heavy atom. The molecule has 3 rings (SSSR count). The summed E-state index contributed by atoms with van der Waals surface area (Å²) in [6.07, 6.45) is 0.976. The molecule has 1 N–H and O–H groups in total. The van der Waals surface area contributed by atoms with Gasteiger partial charge in [-0.15, -0.1) is 0 Å². The van der Waals surface area contributed by atoms with Crippen LogP contribution >= 0.6 is 0 Å². The number of carbonyl (C=O) groups excluding carboxylic acids is 2. The van der Waals surface area contributed by atoms with E-state index >= 15 is 0 Å². The van der Waals surface area contributed by atoms with Crippen LogP contribution in [0.2, 0.25) is 0 Å². The number of amides is 2. The molecule has 1 aromatic carbocycles. The van der Waals surface area contributed by atoms with Gasteiger partial charge >= 0.3 is 0 Å². The third-order valence-corrected chi connectivity index (χ3v) is 4.65. The predicted octanol–water partition coefficient (Wildman–Crippen LogP) is 1.07. The predicted molar refractivity (Wildman–Crippen MR) is 96.9 cm³/mol. The van der Waals surface area contributed by atoms with E-state index in [1.807, 2.05) is 30.3 Å². The minimum absolute atomic E-state index is 0.0346. The molecule has 2 atom stereocenters. The zero-order chi connectivity index (χ0) is 19.2. The summed E-state index contributed by atoms with van der Waals surface area (Å²) >= 11 is 0. The van der Waals surface area contributed by atoms with Gasteiger partial charge in [-0.3, -0.25) is 9.59 Å². The van der Waals surface area contributed by atoms with Crippen molar-refractivity contribution in [2.45, 2.75) is 31.7 Å². The van der Waals surface area contributed by atoms with Gasteiger partial charge in [0.25, 0.3) is 0 Å². The van der Waals surface area contributed by atoms with Crippen LogP contribution in [0.3, 0.4) is 0 Å². The van der Waals surface area contributed by atoms with Gasteiger partial charge in [-0.05, 0) is 18.9 Å². The van der Waals surface area contributed by atoms with Crippen molar-refractivity contribution in [3.8, 4) is 0 Å². The number of likely N-dealkylation sites (tertiary alicyclic amines) is 1. The van der Waals surface area contributed by atoms with Crippen molar-refractivity contribution in [3.05, 3.63) is 47.6 Å². The van der Waals surface area contributed by atoms with Gasteiger partial charge in [0.05, 0.1) is 18.4 Å². The van der Waals surface area contributed by atoms with Gasteiger partial charge in [0.1, 0.15) is 6.61 Å². The van der Waals surface area contributed by atoms with Crippen molar-refractivity contribution in [1.82, 2.24) is 20.4 Å². The fourth-order valence-corrected chi connectivity index (χ4v) is 3.35. The van der Waals surface area contributed by atoms with Crippen LogP contribution in [0.4, 0.5) is 0 Å². The zero-order valence-corrected chi connectivity index (χ0v) is 15.6. The highest BCUT2D eigenvalue weighted by molar-refractivity contribution is 5.80. The second kappa shape index (κ2) is 8.77. The number of nitrogens with zero attached hydrogens (tertiary/aromatic N) is 3. The number of ether oxygens (including phenoxy) is 1. The third-order valence-electron chi connectivity index (χ3n) is 4.65. The van der Waals surface area contributed by atoms with E-state index in [9.17, 15) is 9.59 Å². The van der Waals surface area contributed by atoms with Crippen LogP contribution in [0.1, 0.15) is 29.6 Å². The van der Waals surface area contributed by atoms with E-state index in [-0.39, 0.29) is 30.4 Å². The lowest BCUT2D eigenvalue weighted by atomic mass is 9.90. The molecule has 0 spiro atoms. The summed E-state index contributed by atoms with van der Waals surface area (Å²) in [6.45, 7) is 2.69. The number of carbonyl (C=O) groups is 2. The molecule has 0 unspecified atom stereocenters. The number of aryl methyl sites for hydroxylation is 1. The number of piperidine rings is 1. The van der Waals surface area contributed by atoms with Crippen LogP contribution in [0.5, 0.6) is 0 Å². The number of benzene rings is 1. The number of hydrogen-bond acceptors (Lipinski definition) is 6. The molecule has 27 heavy (non-hydrogen) atoms. The number of nitrogens with one attached hydrogen (secondary N) is 1. The minimum Gasteiger partial charge on any atom is -0.375 e. The molecule has 2 aromatic rings. The second-order valence-electron chi connectivity index (χ2n) is 6.68. The Bertz CT molecular complexity index is 777. The Labute approximate surface area is 157 Å². The Morgan fingerprint density at radius 2 is 2.11 bits per heavy atom. The molecule has 0 bridgehead atoms. The largest absolute Gasteiger partial charge is 0.375 e. The molecule has 1 aliphatic rings. The van der Waals surface area contributed by atoms with E-state index in [1.54, 1.807) is 11.8 Å². The molecule has 0 saturated carbocycles. The van der Waals surface area contributed by atoms with Crippen molar-refractivity contribution >= 4 is 11.8 Å². The average molecular weight is 372 g/mol. The van der Waals surface area contributed by atoms with Crippen LogP contribution in [-0.2, 0) is 20.7 Å².